The minimum atomic E-state index is -0.897. The summed E-state index contributed by atoms with van der Waals surface area (Å²) in [7, 11) is 0. The van der Waals surface area contributed by atoms with Crippen molar-refractivity contribution in [1.29, 1.82) is 0 Å². The number of ketones is 1. The predicted octanol–water partition coefficient (Wildman–Crippen LogP) is 3.40. The van der Waals surface area contributed by atoms with Crippen LogP contribution >= 0.6 is 11.6 Å². The number of ether oxygens (including phenoxy) is 1. The van der Waals surface area contributed by atoms with Crippen molar-refractivity contribution in [2.24, 2.45) is 11.8 Å². The molecule has 1 aromatic rings. The molecule has 1 aromatic carbocycles. The molecular weight excluding hydrogens is 396 g/mol. The lowest BCUT2D eigenvalue weighted by molar-refractivity contribution is -0.137. The molecule has 0 aromatic heterocycles. The van der Waals surface area contributed by atoms with Gasteiger partial charge >= 0.3 is 5.97 Å². The molecule has 0 aliphatic heterocycles. The molecule has 1 saturated carbocycles. The van der Waals surface area contributed by atoms with E-state index in [2.05, 4.69) is 0 Å². The van der Waals surface area contributed by atoms with Crippen molar-refractivity contribution in [2.75, 3.05) is 6.61 Å². The average Bonchev–Trinajstić information content (AvgIpc) is 2.93. The van der Waals surface area contributed by atoms with Gasteiger partial charge in [0.25, 0.3) is 0 Å². The van der Waals surface area contributed by atoms with Crippen LogP contribution in [0.25, 0.3) is 0 Å². The zero-order valence-corrected chi connectivity index (χ0v) is 16.9. The minimum Gasteiger partial charge on any atom is -0.491 e. The second-order valence-electron chi connectivity index (χ2n) is 7.14. The van der Waals surface area contributed by atoms with Crippen LogP contribution in [0.15, 0.2) is 48.6 Å². The summed E-state index contributed by atoms with van der Waals surface area (Å²) in [6.07, 6.45) is 7.25. The van der Waals surface area contributed by atoms with Gasteiger partial charge in [0.05, 0.1) is 6.10 Å². The van der Waals surface area contributed by atoms with E-state index in [1.165, 1.54) is 6.08 Å². The lowest BCUT2D eigenvalue weighted by atomic mass is 9.90. The highest BCUT2D eigenvalue weighted by Gasteiger charge is 2.39. The van der Waals surface area contributed by atoms with Crippen LogP contribution in [0, 0.1) is 11.8 Å². The highest BCUT2D eigenvalue weighted by atomic mass is 35.5. The van der Waals surface area contributed by atoms with E-state index in [9.17, 15) is 19.8 Å². The van der Waals surface area contributed by atoms with Gasteiger partial charge in [0.15, 0.2) is 0 Å². The molecule has 0 bridgehead atoms. The Kier molecular flexibility index (Phi) is 9.38. The molecule has 0 amide bonds. The Bertz CT molecular complexity index is 745. The van der Waals surface area contributed by atoms with E-state index < -0.39 is 24.1 Å². The van der Waals surface area contributed by atoms with Gasteiger partial charge in [-0.2, -0.15) is 0 Å². The Morgan fingerprint density at radius 2 is 2.14 bits per heavy atom. The first kappa shape index (κ1) is 23.1. The third kappa shape index (κ3) is 8.01. The summed E-state index contributed by atoms with van der Waals surface area (Å²) < 4.78 is 5.48. The number of aliphatic hydroxyl groups is 2. The molecule has 0 heterocycles. The summed E-state index contributed by atoms with van der Waals surface area (Å²) in [5, 5.41) is 29.5. The smallest absolute Gasteiger partial charge is 0.303 e. The SMILES string of the molecule is O=C(O)CCCC=CC[C@H]1[C@@H](O)CC(=O)[C@@H]1C=C[C@H](O)COc1cccc(Cl)c1. The highest BCUT2D eigenvalue weighted by Crippen LogP contribution is 2.33. The minimum absolute atomic E-state index is 0.0223. The number of halogens is 1. The van der Waals surface area contributed by atoms with E-state index >= 15 is 0 Å². The number of carbonyl (C=O) groups is 2. The molecule has 4 atom stereocenters. The van der Waals surface area contributed by atoms with E-state index in [0.29, 0.717) is 30.0 Å². The molecule has 0 radical (unpaired) electrons. The number of hydrogen-bond donors (Lipinski definition) is 3. The van der Waals surface area contributed by atoms with E-state index in [0.717, 1.165) is 0 Å². The van der Waals surface area contributed by atoms with Crippen molar-refractivity contribution in [3.05, 3.63) is 53.6 Å². The fraction of sp³-hybridized carbons (Fsp3) is 0.455. The third-order valence-electron chi connectivity index (χ3n) is 4.83. The number of rotatable bonds is 11. The number of carbonyl (C=O) groups excluding carboxylic acids is 1. The zero-order valence-electron chi connectivity index (χ0n) is 16.1. The Morgan fingerprint density at radius 3 is 2.86 bits per heavy atom. The number of carboxylic acid groups (broad SMARTS) is 1. The molecule has 0 spiro atoms. The summed E-state index contributed by atoms with van der Waals surface area (Å²) in [6, 6.07) is 6.85. The average molecular weight is 423 g/mol. The molecule has 29 heavy (non-hydrogen) atoms. The first-order chi connectivity index (χ1) is 13.9. The molecule has 1 aliphatic carbocycles. The number of carboxylic acids is 1. The first-order valence-electron chi connectivity index (χ1n) is 9.69. The van der Waals surface area contributed by atoms with Gasteiger partial charge in [-0.25, -0.2) is 0 Å². The molecule has 6 nitrogen and oxygen atoms in total. The van der Waals surface area contributed by atoms with Gasteiger partial charge in [-0.05, 0) is 37.5 Å². The Hall–Kier alpha value is -2.15. The standard InChI is InChI=1S/C22H27ClO6/c23-15-6-5-7-17(12-15)29-14-16(24)10-11-19-18(20(25)13-21(19)26)8-3-1-2-4-9-22(27)28/h1,3,5-7,10-12,16,18-20,24-25H,2,4,8-9,13-14H2,(H,27,28)/t16-,18+,19+,20-/m0/s1. The topological polar surface area (TPSA) is 104 Å². The van der Waals surface area contributed by atoms with Crippen molar-refractivity contribution in [3.63, 3.8) is 0 Å². The van der Waals surface area contributed by atoms with E-state index in [1.54, 1.807) is 30.3 Å². The molecule has 1 fully saturated rings. The van der Waals surface area contributed by atoms with E-state index in [1.807, 2.05) is 12.2 Å². The second-order valence-corrected chi connectivity index (χ2v) is 7.58. The molecule has 1 aliphatic rings. The lowest BCUT2D eigenvalue weighted by Gasteiger charge is -2.17. The highest BCUT2D eigenvalue weighted by molar-refractivity contribution is 6.30. The Morgan fingerprint density at radius 1 is 1.34 bits per heavy atom. The number of benzene rings is 1. The number of allylic oxidation sites excluding steroid dienone is 3. The molecular formula is C22H27ClO6. The largest absolute Gasteiger partial charge is 0.491 e. The predicted molar refractivity (Wildman–Crippen MR) is 110 cm³/mol. The van der Waals surface area contributed by atoms with Gasteiger partial charge in [-0.1, -0.05) is 42.0 Å². The van der Waals surface area contributed by atoms with E-state index in [4.69, 9.17) is 21.4 Å². The second kappa shape index (κ2) is 11.8. The van der Waals surface area contributed by atoms with Crippen LogP contribution in [0.1, 0.15) is 32.1 Å². The maximum Gasteiger partial charge on any atom is 0.303 e. The van der Waals surface area contributed by atoms with Crippen LogP contribution in [0.3, 0.4) is 0 Å². The van der Waals surface area contributed by atoms with Crippen molar-refractivity contribution >= 4 is 23.4 Å². The number of unbranched alkanes of at least 4 members (excludes halogenated alkanes) is 1. The number of Topliss-reactive ketones (excluding diaryl/α,β-unsaturated/α-hetero) is 1. The van der Waals surface area contributed by atoms with Gasteiger partial charge < -0.3 is 20.1 Å². The van der Waals surface area contributed by atoms with Gasteiger partial charge in [0.1, 0.15) is 24.2 Å². The van der Waals surface area contributed by atoms with Crippen molar-refractivity contribution in [3.8, 4) is 5.75 Å². The van der Waals surface area contributed by atoms with Gasteiger partial charge in [-0.3, -0.25) is 9.59 Å². The van der Waals surface area contributed by atoms with Crippen LogP contribution in [-0.4, -0.2) is 45.9 Å². The molecule has 3 N–H and O–H groups in total. The van der Waals surface area contributed by atoms with Crippen LogP contribution in [0.4, 0.5) is 0 Å². The van der Waals surface area contributed by atoms with Crippen LogP contribution < -0.4 is 4.74 Å². The Balaban J connectivity index is 1.84. The number of hydrogen-bond acceptors (Lipinski definition) is 5. The summed E-state index contributed by atoms with van der Waals surface area (Å²) in [6.45, 7) is 0.0223. The van der Waals surface area contributed by atoms with Gasteiger partial charge in [0, 0.05) is 29.7 Å². The number of aliphatic hydroxyl groups excluding tert-OH is 2. The molecule has 0 saturated heterocycles. The molecule has 2 rings (SSSR count). The summed E-state index contributed by atoms with van der Waals surface area (Å²) in [5.41, 5.74) is 0. The maximum atomic E-state index is 12.2. The fourth-order valence-electron chi connectivity index (χ4n) is 3.31. The monoisotopic (exact) mass is 422 g/mol. The molecule has 0 unspecified atom stereocenters. The van der Waals surface area contributed by atoms with Crippen LogP contribution in [0.2, 0.25) is 5.02 Å². The number of aliphatic carboxylic acids is 1. The normalized spacial score (nSPS) is 23.1. The lowest BCUT2D eigenvalue weighted by Crippen LogP contribution is -2.20. The van der Waals surface area contributed by atoms with Crippen molar-refractivity contribution in [1.82, 2.24) is 0 Å². The summed E-state index contributed by atoms with van der Waals surface area (Å²) in [5.74, 6) is -1.05. The van der Waals surface area contributed by atoms with Crippen molar-refractivity contribution < 1.29 is 29.6 Å². The molecule has 158 valence electrons. The molecule has 7 heteroatoms. The van der Waals surface area contributed by atoms with E-state index in [-0.39, 0.29) is 31.1 Å². The zero-order chi connectivity index (χ0) is 21.2. The van der Waals surface area contributed by atoms with Crippen LogP contribution in [-0.2, 0) is 9.59 Å². The van der Waals surface area contributed by atoms with Gasteiger partial charge in [0.2, 0.25) is 0 Å². The Labute approximate surface area is 175 Å². The third-order valence-corrected chi connectivity index (χ3v) is 5.07. The summed E-state index contributed by atoms with van der Waals surface area (Å²) in [4.78, 5) is 22.7. The maximum absolute atomic E-state index is 12.2. The summed E-state index contributed by atoms with van der Waals surface area (Å²) >= 11 is 5.89. The first-order valence-corrected chi connectivity index (χ1v) is 10.1. The fourth-order valence-corrected chi connectivity index (χ4v) is 3.49. The van der Waals surface area contributed by atoms with Crippen LogP contribution in [0.5, 0.6) is 5.75 Å². The van der Waals surface area contributed by atoms with Crippen molar-refractivity contribution in [2.45, 2.75) is 44.3 Å². The quantitative estimate of drug-likeness (QED) is 0.373. The van der Waals surface area contributed by atoms with Gasteiger partial charge in [-0.15, -0.1) is 0 Å².